The monoisotopic (exact) mass is 372 g/mol. The lowest BCUT2D eigenvalue weighted by Crippen LogP contribution is -2.42. The largest absolute Gasteiger partial charge is 0.497 e. The molecule has 5 heteroatoms. The summed E-state index contributed by atoms with van der Waals surface area (Å²) in [6, 6.07) is 9.94. The van der Waals surface area contributed by atoms with Gasteiger partial charge in [-0.2, -0.15) is 0 Å². The fourth-order valence-corrected chi connectivity index (χ4v) is 4.54. The Labute approximate surface area is 160 Å². The SMILES string of the molecule is CCOC(=O)C1(C(=O)OCC)C[C@@H]2[C@@H](C)[C@]2(/C=C\OCc2ccccc2)C1. The van der Waals surface area contributed by atoms with Crippen LogP contribution in [-0.4, -0.2) is 25.2 Å². The number of hydrogen-bond acceptors (Lipinski definition) is 5. The van der Waals surface area contributed by atoms with Crippen molar-refractivity contribution in [3.05, 3.63) is 48.2 Å². The highest BCUT2D eigenvalue weighted by Gasteiger charge is 2.74. The molecule has 0 aliphatic heterocycles. The Morgan fingerprint density at radius 2 is 1.74 bits per heavy atom. The Balaban J connectivity index is 1.71. The first-order valence-electron chi connectivity index (χ1n) is 9.68. The molecule has 27 heavy (non-hydrogen) atoms. The molecule has 0 N–H and O–H groups in total. The third kappa shape index (κ3) is 3.47. The van der Waals surface area contributed by atoms with E-state index in [2.05, 4.69) is 6.92 Å². The molecule has 0 amide bonds. The Morgan fingerprint density at radius 1 is 1.11 bits per heavy atom. The zero-order valence-electron chi connectivity index (χ0n) is 16.3. The van der Waals surface area contributed by atoms with Crippen molar-refractivity contribution in [3.8, 4) is 0 Å². The van der Waals surface area contributed by atoms with Crippen molar-refractivity contribution in [1.82, 2.24) is 0 Å². The molecule has 2 fully saturated rings. The molecule has 0 spiro atoms. The number of ether oxygens (including phenoxy) is 3. The molecule has 2 aliphatic rings. The summed E-state index contributed by atoms with van der Waals surface area (Å²) in [4.78, 5) is 25.3. The van der Waals surface area contributed by atoms with Gasteiger partial charge in [0, 0.05) is 0 Å². The molecule has 0 heterocycles. The molecule has 0 bridgehead atoms. The van der Waals surface area contributed by atoms with Gasteiger partial charge in [-0.3, -0.25) is 9.59 Å². The van der Waals surface area contributed by atoms with Crippen LogP contribution < -0.4 is 0 Å². The summed E-state index contributed by atoms with van der Waals surface area (Å²) >= 11 is 0. The first kappa shape index (κ1) is 19.5. The molecule has 1 aromatic rings. The van der Waals surface area contributed by atoms with Gasteiger partial charge < -0.3 is 14.2 Å². The number of carbonyl (C=O) groups is 2. The number of fused-ring (bicyclic) bond motifs is 1. The second-order valence-electron chi connectivity index (χ2n) is 7.51. The lowest BCUT2D eigenvalue weighted by molar-refractivity contribution is -0.173. The predicted octanol–water partition coefficient (Wildman–Crippen LogP) is 3.88. The van der Waals surface area contributed by atoms with Crippen molar-refractivity contribution < 1.29 is 23.8 Å². The molecule has 2 saturated carbocycles. The van der Waals surface area contributed by atoms with Gasteiger partial charge in [-0.05, 0) is 55.6 Å². The molecule has 3 atom stereocenters. The van der Waals surface area contributed by atoms with E-state index in [1.165, 1.54) is 0 Å². The topological polar surface area (TPSA) is 61.8 Å². The standard InChI is InChI=1S/C22H28O5/c1-4-26-19(23)22(20(24)27-5-2)13-18-16(3)21(18,15-22)11-12-25-14-17-9-7-6-8-10-17/h6-12,16,18H,4-5,13-15H2,1-3H3/b12-11-/t16-,18-,21+/m1/s1. The van der Waals surface area contributed by atoms with E-state index >= 15 is 0 Å². The number of allylic oxidation sites excluding steroid dienone is 1. The fourth-order valence-electron chi connectivity index (χ4n) is 4.54. The maximum atomic E-state index is 12.6. The van der Waals surface area contributed by atoms with E-state index in [0.717, 1.165) is 5.56 Å². The first-order valence-corrected chi connectivity index (χ1v) is 9.68. The van der Waals surface area contributed by atoms with Crippen LogP contribution in [0.4, 0.5) is 0 Å². The van der Waals surface area contributed by atoms with Crippen LogP contribution in [0.5, 0.6) is 0 Å². The maximum absolute atomic E-state index is 12.6. The lowest BCUT2D eigenvalue weighted by atomic mass is 9.78. The average Bonchev–Trinajstić information content (AvgIpc) is 3.03. The van der Waals surface area contributed by atoms with Crippen molar-refractivity contribution in [2.24, 2.45) is 22.7 Å². The molecule has 1 aromatic carbocycles. The first-order chi connectivity index (χ1) is 13.0. The van der Waals surface area contributed by atoms with Crippen molar-refractivity contribution in [2.75, 3.05) is 13.2 Å². The van der Waals surface area contributed by atoms with E-state index in [0.29, 0.717) is 25.4 Å². The summed E-state index contributed by atoms with van der Waals surface area (Å²) in [7, 11) is 0. The molecule has 146 valence electrons. The van der Waals surface area contributed by atoms with E-state index < -0.39 is 17.4 Å². The quantitative estimate of drug-likeness (QED) is 0.394. The second kappa shape index (κ2) is 7.75. The minimum Gasteiger partial charge on any atom is -0.497 e. The molecule has 5 nitrogen and oxygen atoms in total. The molecule has 2 aliphatic carbocycles. The van der Waals surface area contributed by atoms with Gasteiger partial charge in [0.15, 0.2) is 5.41 Å². The summed E-state index contributed by atoms with van der Waals surface area (Å²) in [5.74, 6) is -0.240. The number of rotatable bonds is 8. The third-order valence-corrected chi connectivity index (χ3v) is 6.11. The van der Waals surface area contributed by atoms with Crippen LogP contribution in [0.2, 0.25) is 0 Å². The lowest BCUT2D eigenvalue weighted by Gasteiger charge is -2.28. The van der Waals surface area contributed by atoms with Gasteiger partial charge in [0.2, 0.25) is 0 Å². The average molecular weight is 372 g/mol. The fraction of sp³-hybridized carbons (Fsp3) is 0.545. The van der Waals surface area contributed by atoms with E-state index in [-0.39, 0.29) is 24.5 Å². The molecule has 3 rings (SSSR count). The number of hydrogen-bond donors (Lipinski definition) is 0. The summed E-state index contributed by atoms with van der Waals surface area (Å²) in [5, 5.41) is 0. The van der Waals surface area contributed by atoms with Crippen LogP contribution >= 0.6 is 0 Å². The predicted molar refractivity (Wildman–Crippen MR) is 100 cm³/mol. The number of benzene rings is 1. The second-order valence-corrected chi connectivity index (χ2v) is 7.51. The summed E-state index contributed by atoms with van der Waals surface area (Å²) < 4.78 is 16.2. The van der Waals surface area contributed by atoms with Crippen molar-refractivity contribution in [2.45, 2.75) is 40.2 Å². The minimum absolute atomic E-state index is 0.198. The van der Waals surface area contributed by atoms with Crippen LogP contribution in [0.1, 0.15) is 39.2 Å². The number of carbonyl (C=O) groups excluding carboxylic acids is 2. The van der Waals surface area contributed by atoms with Crippen LogP contribution in [0, 0.1) is 22.7 Å². The van der Waals surface area contributed by atoms with Crippen LogP contribution in [0.3, 0.4) is 0 Å². The Bertz CT molecular complexity index is 693. The summed E-state index contributed by atoms with van der Waals surface area (Å²) in [6.07, 6.45) is 4.66. The van der Waals surface area contributed by atoms with Gasteiger partial charge in [0.1, 0.15) is 6.61 Å². The van der Waals surface area contributed by atoms with Gasteiger partial charge >= 0.3 is 11.9 Å². The molecule has 0 unspecified atom stereocenters. The Morgan fingerprint density at radius 3 is 2.33 bits per heavy atom. The smallest absolute Gasteiger partial charge is 0.323 e. The van der Waals surface area contributed by atoms with Crippen LogP contribution in [0.25, 0.3) is 0 Å². The van der Waals surface area contributed by atoms with Gasteiger partial charge in [-0.1, -0.05) is 37.3 Å². The highest BCUT2D eigenvalue weighted by molar-refractivity contribution is 6.01. The van der Waals surface area contributed by atoms with Gasteiger partial charge in [0.25, 0.3) is 0 Å². The summed E-state index contributed by atoms with van der Waals surface area (Å²) in [5.41, 5.74) is -0.290. The summed E-state index contributed by atoms with van der Waals surface area (Å²) in [6.45, 7) is 6.66. The molecule has 0 radical (unpaired) electrons. The van der Waals surface area contributed by atoms with E-state index in [9.17, 15) is 9.59 Å². The molecule has 0 saturated heterocycles. The number of esters is 2. The minimum atomic E-state index is -1.19. The highest BCUT2D eigenvalue weighted by atomic mass is 16.6. The van der Waals surface area contributed by atoms with E-state index in [4.69, 9.17) is 14.2 Å². The molecule has 0 aromatic heterocycles. The van der Waals surface area contributed by atoms with Crippen molar-refractivity contribution in [1.29, 1.82) is 0 Å². The van der Waals surface area contributed by atoms with Gasteiger partial charge in [0.05, 0.1) is 19.5 Å². The van der Waals surface area contributed by atoms with Crippen LogP contribution in [-0.2, 0) is 30.4 Å². The van der Waals surface area contributed by atoms with Crippen molar-refractivity contribution >= 4 is 11.9 Å². The normalized spacial score (nSPS) is 27.8. The maximum Gasteiger partial charge on any atom is 0.323 e. The van der Waals surface area contributed by atoms with Crippen molar-refractivity contribution in [3.63, 3.8) is 0 Å². The van der Waals surface area contributed by atoms with E-state index in [1.54, 1.807) is 20.1 Å². The molecular weight excluding hydrogens is 344 g/mol. The Kier molecular flexibility index (Phi) is 5.59. The highest BCUT2D eigenvalue weighted by Crippen LogP contribution is 2.74. The zero-order valence-corrected chi connectivity index (χ0v) is 16.3. The zero-order chi connectivity index (χ0) is 19.5. The van der Waals surface area contributed by atoms with E-state index in [1.807, 2.05) is 36.4 Å². The Hall–Kier alpha value is -2.30. The molecular formula is C22H28O5. The van der Waals surface area contributed by atoms with Crippen LogP contribution in [0.15, 0.2) is 42.7 Å². The third-order valence-electron chi connectivity index (χ3n) is 6.11. The van der Waals surface area contributed by atoms with Gasteiger partial charge in [-0.15, -0.1) is 0 Å². The van der Waals surface area contributed by atoms with Gasteiger partial charge in [-0.25, -0.2) is 0 Å².